The largest absolute Gasteiger partial charge is 0.274 e. The third-order valence-electron chi connectivity index (χ3n) is 4.31. The van der Waals surface area contributed by atoms with E-state index in [1.54, 1.807) is 19.1 Å². The van der Waals surface area contributed by atoms with Gasteiger partial charge in [0.1, 0.15) is 15.9 Å². The second-order valence-electron chi connectivity index (χ2n) is 6.53. The molecule has 9 nitrogen and oxygen atoms in total. The number of aromatic nitrogens is 2. The first-order chi connectivity index (χ1) is 13.9. The number of anilines is 1. The molecule has 1 amide bonds. The maximum Gasteiger partial charge on any atom is 0.269 e. The van der Waals surface area contributed by atoms with Crippen LogP contribution in [0.4, 0.5) is 11.5 Å². The van der Waals surface area contributed by atoms with Crippen molar-refractivity contribution in [3.8, 4) is 0 Å². The average Bonchev–Trinajstić information content (AvgIpc) is 3.03. The van der Waals surface area contributed by atoms with Crippen LogP contribution in [0.5, 0.6) is 0 Å². The van der Waals surface area contributed by atoms with E-state index in [9.17, 15) is 19.7 Å². The van der Waals surface area contributed by atoms with Gasteiger partial charge in [0.2, 0.25) is 11.8 Å². The Bertz CT molecular complexity index is 997. The number of rotatable bonds is 6. The molecule has 0 unspecified atom stereocenters. The lowest BCUT2D eigenvalue weighted by atomic mass is 10.2. The topological polar surface area (TPSA) is 111 Å². The van der Waals surface area contributed by atoms with E-state index in [1.165, 1.54) is 33.5 Å². The number of imidazole rings is 1. The molecule has 0 spiro atoms. The highest BCUT2D eigenvalue weighted by Crippen LogP contribution is 2.39. The van der Waals surface area contributed by atoms with Crippen molar-refractivity contribution in [1.29, 1.82) is 0 Å². The van der Waals surface area contributed by atoms with Gasteiger partial charge in [-0.15, -0.1) is 0 Å². The van der Waals surface area contributed by atoms with E-state index in [0.717, 1.165) is 0 Å². The van der Waals surface area contributed by atoms with Gasteiger partial charge >= 0.3 is 0 Å². The molecule has 0 N–H and O–H groups in total. The summed E-state index contributed by atoms with van der Waals surface area (Å²) in [5.74, 6) is 0.525. The smallest absolute Gasteiger partial charge is 0.269 e. The van der Waals surface area contributed by atoms with E-state index in [-0.39, 0.29) is 23.9 Å². The first-order valence-corrected chi connectivity index (χ1v) is 10.2. The van der Waals surface area contributed by atoms with Crippen molar-refractivity contribution < 1.29 is 14.5 Å². The molecular weight excluding hydrogens is 394 g/mol. The highest BCUT2D eigenvalue weighted by Gasteiger charge is 2.32. The molecule has 152 valence electrons. The lowest BCUT2D eigenvalue weighted by Gasteiger charge is -2.23. The molecule has 0 fully saturated rings. The Balaban J connectivity index is 2.08. The number of hydrogen-bond donors (Lipinski definition) is 0. The Kier molecular flexibility index (Phi) is 6.12. The second-order valence-corrected chi connectivity index (χ2v) is 7.51. The number of hydrazone groups is 1. The Morgan fingerprint density at radius 2 is 1.72 bits per heavy atom. The van der Waals surface area contributed by atoms with Gasteiger partial charge in [0.15, 0.2) is 5.82 Å². The van der Waals surface area contributed by atoms with Crippen LogP contribution in [0.25, 0.3) is 0 Å². The SMILES string of the molecule is CCCC(=O)N1N=C(c2ccc([N+](=O)[O-])cc2)Sc2c1nc(C)n2C(=O)CCC. The van der Waals surface area contributed by atoms with Gasteiger partial charge in [-0.05, 0) is 43.7 Å². The summed E-state index contributed by atoms with van der Waals surface area (Å²) in [4.78, 5) is 40.2. The maximum atomic E-state index is 12.7. The van der Waals surface area contributed by atoms with Crippen LogP contribution in [0.3, 0.4) is 0 Å². The zero-order valence-corrected chi connectivity index (χ0v) is 17.2. The van der Waals surface area contributed by atoms with E-state index in [2.05, 4.69) is 10.1 Å². The van der Waals surface area contributed by atoms with Gasteiger partial charge < -0.3 is 0 Å². The molecule has 2 aromatic rings. The lowest BCUT2D eigenvalue weighted by Crippen LogP contribution is -2.30. The fourth-order valence-corrected chi connectivity index (χ4v) is 4.04. The van der Waals surface area contributed by atoms with Crippen LogP contribution < -0.4 is 5.01 Å². The summed E-state index contributed by atoms with van der Waals surface area (Å²) >= 11 is 1.23. The van der Waals surface area contributed by atoms with Gasteiger partial charge in [0.25, 0.3) is 5.69 Å². The Hall–Kier alpha value is -3.01. The number of fused-ring (bicyclic) bond motifs is 1. The van der Waals surface area contributed by atoms with Gasteiger partial charge in [0, 0.05) is 30.5 Å². The van der Waals surface area contributed by atoms with Crippen molar-refractivity contribution in [3.05, 3.63) is 45.8 Å². The summed E-state index contributed by atoms with van der Waals surface area (Å²) in [6, 6.07) is 5.94. The van der Waals surface area contributed by atoms with Gasteiger partial charge in [0.05, 0.1) is 4.92 Å². The minimum Gasteiger partial charge on any atom is -0.274 e. The highest BCUT2D eigenvalue weighted by molar-refractivity contribution is 8.14. The van der Waals surface area contributed by atoms with Crippen LogP contribution in [-0.2, 0) is 4.79 Å². The number of hydrogen-bond acceptors (Lipinski definition) is 7. The first kappa shape index (κ1) is 20.7. The third-order valence-corrected chi connectivity index (χ3v) is 5.38. The molecule has 1 aliphatic heterocycles. The molecule has 1 aliphatic rings. The summed E-state index contributed by atoms with van der Waals surface area (Å²) in [7, 11) is 0. The fraction of sp³-hybridized carbons (Fsp3) is 0.368. The molecule has 1 aromatic carbocycles. The number of nitro benzene ring substituents is 1. The molecule has 2 heterocycles. The van der Waals surface area contributed by atoms with E-state index in [4.69, 9.17) is 0 Å². The monoisotopic (exact) mass is 415 g/mol. The van der Waals surface area contributed by atoms with Gasteiger partial charge in [-0.25, -0.2) is 4.98 Å². The average molecular weight is 415 g/mol. The van der Waals surface area contributed by atoms with Crippen LogP contribution in [-0.4, -0.2) is 31.3 Å². The fourth-order valence-electron chi connectivity index (χ4n) is 2.93. The molecular formula is C19H21N5O4S. The number of nitro groups is 1. The van der Waals surface area contributed by atoms with Crippen molar-refractivity contribution in [3.63, 3.8) is 0 Å². The molecule has 0 atom stereocenters. The van der Waals surface area contributed by atoms with E-state index < -0.39 is 4.92 Å². The number of non-ortho nitro benzene ring substituents is 1. The Labute approximate surface area is 171 Å². The van der Waals surface area contributed by atoms with Crippen molar-refractivity contribution in [1.82, 2.24) is 9.55 Å². The van der Waals surface area contributed by atoms with Crippen LogP contribution in [0.15, 0.2) is 34.4 Å². The Morgan fingerprint density at radius 3 is 2.31 bits per heavy atom. The number of carbonyl (C=O) groups excluding carboxylic acids is 2. The van der Waals surface area contributed by atoms with Gasteiger partial charge in [-0.1, -0.05) is 13.8 Å². The number of benzene rings is 1. The summed E-state index contributed by atoms with van der Waals surface area (Å²) in [5.41, 5.74) is 0.586. The zero-order valence-electron chi connectivity index (χ0n) is 16.4. The first-order valence-electron chi connectivity index (χ1n) is 9.34. The lowest BCUT2D eigenvalue weighted by molar-refractivity contribution is -0.384. The highest BCUT2D eigenvalue weighted by atomic mass is 32.2. The minimum atomic E-state index is -0.476. The molecule has 0 saturated carbocycles. The summed E-state index contributed by atoms with van der Waals surface area (Å²) in [6.45, 7) is 5.54. The van der Waals surface area contributed by atoms with Gasteiger partial charge in [-0.3, -0.25) is 24.3 Å². The van der Waals surface area contributed by atoms with E-state index >= 15 is 0 Å². The maximum absolute atomic E-state index is 12.7. The van der Waals surface area contributed by atoms with Crippen LogP contribution >= 0.6 is 11.8 Å². The molecule has 10 heteroatoms. The number of thioether (sulfide) groups is 1. The van der Waals surface area contributed by atoms with Crippen molar-refractivity contribution >= 4 is 40.1 Å². The van der Waals surface area contributed by atoms with E-state index in [1.807, 2.05) is 13.8 Å². The standard InChI is InChI=1S/C19H21N5O4S/c1-4-6-15(25)22-12(3)20-17-19(22)29-18(21-23(17)16(26)7-5-2)13-8-10-14(11-9-13)24(27)28/h8-11H,4-7H2,1-3H3. The normalized spacial score (nSPS) is 13.1. The van der Waals surface area contributed by atoms with E-state index in [0.29, 0.717) is 46.5 Å². The van der Waals surface area contributed by atoms with Gasteiger partial charge in [-0.2, -0.15) is 10.1 Å². The summed E-state index contributed by atoms with van der Waals surface area (Å²) < 4.78 is 1.52. The molecule has 3 rings (SSSR count). The number of amides is 1. The molecule has 0 bridgehead atoms. The van der Waals surface area contributed by atoms with Crippen LogP contribution in [0.1, 0.15) is 55.7 Å². The Morgan fingerprint density at radius 1 is 1.10 bits per heavy atom. The minimum absolute atomic E-state index is 0.0335. The second kappa shape index (κ2) is 8.56. The van der Waals surface area contributed by atoms with Crippen LogP contribution in [0, 0.1) is 17.0 Å². The summed E-state index contributed by atoms with van der Waals surface area (Å²) in [6.07, 6.45) is 1.99. The number of nitrogens with zero attached hydrogens (tertiary/aromatic N) is 5. The molecule has 29 heavy (non-hydrogen) atoms. The number of aryl methyl sites for hydroxylation is 1. The molecule has 0 radical (unpaired) electrons. The predicted octanol–water partition coefficient (Wildman–Crippen LogP) is 4.14. The zero-order chi connectivity index (χ0) is 21.1. The van der Waals surface area contributed by atoms with Crippen molar-refractivity contribution in [2.24, 2.45) is 5.10 Å². The van der Waals surface area contributed by atoms with Crippen molar-refractivity contribution in [2.45, 2.75) is 51.5 Å². The summed E-state index contributed by atoms with van der Waals surface area (Å²) in [5, 5.41) is 17.6. The predicted molar refractivity (Wildman–Crippen MR) is 110 cm³/mol. The molecule has 1 aromatic heterocycles. The van der Waals surface area contributed by atoms with Crippen LogP contribution in [0.2, 0.25) is 0 Å². The molecule has 0 aliphatic carbocycles. The third kappa shape index (κ3) is 4.07. The van der Waals surface area contributed by atoms with Crippen molar-refractivity contribution in [2.75, 3.05) is 5.01 Å². The quantitative estimate of drug-likeness (QED) is 0.518. The molecule has 0 saturated heterocycles. The number of carbonyl (C=O) groups is 2.